The van der Waals surface area contributed by atoms with Gasteiger partial charge >= 0.3 is 12.1 Å². The van der Waals surface area contributed by atoms with Gasteiger partial charge in [0.1, 0.15) is 6.10 Å². The predicted octanol–water partition coefficient (Wildman–Crippen LogP) is 0.137. The summed E-state index contributed by atoms with van der Waals surface area (Å²) >= 11 is 0. The number of alkyl carbamates (subject to hydrolysis) is 1. The zero-order valence-electron chi connectivity index (χ0n) is 9.60. The van der Waals surface area contributed by atoms with Crippen LogP contribution in [0.5, 0.6) is 0 Å². The first kappa shape index (κ1) is 12.8. The molecule has 1 aliphatic rings. The summed E-state index contributed by atoms with van der Waals surface area (Å²) in [6.07, 6.45) is -0.671. The molecule has 1 atom stereocenters. The van der Waals surface area contributed by atoms with Crippen LogP contribution in [0.15, 0.2) is 0 Å². The number of cyclic esters (lactones) is 1. The second kappa shape index (κ2) is 5.69. The molecule has 6 heteroatoms. The smallest absolute Gasteiger partial charge is 0.407 e. The molecule has 0 aromatic heterocycles. The average molecular weight is 230 g/mol. The molecule has 0 spiro atoms. The number of ether oxygens (including phenoxy) is 1. The maximum Gasteiger partial charge on any atom is 0.407 e. The van der Waals surface area contributed by atoms with Crippen molar-refractivity contribution in [3.05, 3.63) is 0 Å². The second-order valence-electron chi connectivity index (χ2n) is 4.39. The Morgan fingerprint density at radius 2 is 2.38 bits per heavy atom. The molecule has 1 amide bonds. The summed E-state index contributed by atoms with van der Waals surface area (Å²) in [4.78, 5) is 23.3. The van der Waals surface area contributed by atoms with Crippen molar-refractivity contribution < 1.29 is 19.4 Å². The van der Waals surface area contributed by atoms with Crippen LogP contribution in [0.3, 0.4) is 0 Å². The van der Waals surface area contributed by atoms with E-state index >= 15 is 0 Å². The third-order valence-electron chi connectivity index (χ3n) is 2.19. The highest BCUT2D eigenvalue weighted by Crippen LogP contribution is 2.05. The minimum atomic E-state index is -0.863. The van der Waals surface area contributed by atoms with Crippen LogP contribution in [-0.2, 0) is 9.53 Å². The number of carboxylic acids is 1. The molecule has 0 aromatic carbocycles. The number of aliphatic carboxylic acids is 1. The van der Waals surface area contributed by atoms with Gasteiger partial charge < -0.3 is 15.2 Å². The Morgan fingerprint density at radius 1 is 1.69 bits per heavy atom. The van der Waals surface area contributed by atoms with E-state index in [9.17, 15) is 9.59 Å². The van der Waals surface area contributed by atoms with E-state index in [1.165, 1.54) is 0 Å². The number of carboxylic acid groups (broad SMARTS) is 1. The molecular weight excluding hydrogens is 212 g/mol. The van der Waals surface area contributed by atoms with Crippen LogP contribution in [0.25, 0.3) is 0 Å². The van der Waals surface area contributed by atoms with Crippen molar-refractivity contribution >= 4 is 12.1 Å². The minimum absolute atomic E-state index is 0.0216. The normalized spacial score (nSPS) is 20.0. The van der Waals surface area contributed by atoms with E-state index in [1.807, 2.05) is 13.8 Å². The van der Waals surface area contributed by atoms with E-state index in [4.69, 9.17) is 9.84 Å². The van der Waals surface area contributed by atoms with Gasteiger partial charge in [0.2, 0.25) is 0 Å². The molecule has 6 nitrogen and oxygen atoms in total. The summed E-state index contributed by atoms with van der Waals surface area (Å²) in [7, 11) is 0. The SMILES string of the molecule is CC(C)CN(CC(=O)O)CC1CNC(=O)O1. The lowest BCUT2D eigenvalue weighted by atomic mass is 10.2. The fraction of sp³-hybridized carbons (Fsp3) is 0.800. The molecule has 1 fully saturated rings. The zero-order valence-corrected chi connectivity index (χ0v) is 9.60. The largest absolute Gasteiger partial charge is 0.480 e. The number of hydrogen-bond donors (Lipinski definition) is 2. The third kappa shape index (κ3) is 4.48. The Kier molecular flexibility index (Phi) is 4.54. The van der Waals surface area contributed by atoms with Crippen LogP contribution in [0, 0.1) is 5.92 Å². The molecule has 0 radical (unpaired) electrons. The van der Waals surface area contributed by atoms with Crippen molar-refractivity contribution in [2.24, 2.45) is 5.92 Å². The molecule has 16 heavy (non-hydrogen) atoms. The molecule has 0 aromatic rings. The van der Waals surface area contributed by atoms with Crippen molar-refractivity contribution in [1.29, 1.82) is 0 Å². The first-order valence-electron chi connectivity index (χ1n) is 5.36. The van der Waals surface area contributed by atoms with Gasteiger partial charge in [-0.25, -0.2) is 4.79 Å². The van der Waals surface area contributed by atoms with Crippen molar-refractivity contribution in [2.75, 3.05) is 26.2 Å². The molecule has 0 aliphatic carbocycles. The van der Waals surface area contributed by atoms with Crippen LogP contribution in [0.4, 0.5) is 4.79 Å². The summed E-state index contributed by atoms with van der Waals surface area (Å²) in [6.45, 7) is 5.62. The molecule has 0 bridgehead atoms. The predicted molar refractivity (Wildman–Crippen MR) is 57.2 cm³/mol. The highest BCUT2D eigenvalue weighted by molar-refractivity contribution is 5.70. The summed E-state index contributed by atoms with van der Waals surface area (Å²) in [6, 6.07) is 0. The summed E-state index contributed by atoms with van der Waals surface area (Å²) in [5.74, 6) is -0.484. The molecule has 1 heterocycles. The summed E-state index contributed by atoms with van der Waals surface area (Å²) in [5.41, 5.74) is 0. The number of amides is 1. The Hall–Kier alpha value is -1.30. The zero-order chi connectivity index (χ0) is 12.1. The lowest BCUT2D eigenvalue weighted by Crippen LogP contribution is -2.39. The average Bonchev–Trinajstić information content (AvgIpc) is 2.48. The van der Waals surface area contributed by atoms with Crippen LogP contribution in [0.2, 0.25) is 0 Å². The number of carbonyl (C=O) groups is 2. The number of nitrogens with zero attached hydrogens (tertiary/aromatic N) is 1. The van der Waals surface area contributed by atoms with Gasteiger partial charge in [-0.05, 0) is 5.92 Å². The van der Waals surface area contributed by atoms with Gasteiger partial charge in [-0.2, -0.15) is 0 Å². The lowest BCUT2D eigenvalue weighted by Gasteiger charge is -2.24. The first-order valence-corrected chi connectivity index (χ1v) is 5.36. The fourth-order valence-electron chi connectivity index (χ4n) is 1.73. The van der Waals surface area contributed by atoms with Crippen molar-refractivity contribution in [3.63, 3.8) is 0 Å². The van der Waals surface area contributed by atoms with Gasteiger partial charge in [0.25, 0.3) is 0 Å². The molecule has 1 rings (SSSR count). The van der Waals surface area contributed by atoms with E-state index in [2.05, 4.69) is 5.32 Å². The van der Waals surface area contributed by atoms with Gasteiger partial charge in [-0.1, -0.05) is 13.8 Å². The molecule has 0 saturated carbocycles. The standard InChI is InChI=1S/C10H18N2O4/c1-7(2)4-12(6-9(13)14)5-8-3-11-10(15)16-8/h7-8H,3-6H2,1-2H3,(H,11,15)(H,13,14). The number of hydrogen-bond acceptors (Lipinski definition) is 4. The van der Waals surface area contributed by atoms with E-state index in [-0.39, 0.29) is 12.6 Å². The van der Waals surface area contributed by atoms with Crippen LogP contribution < -0.4 is 5.32 Å². The van der Waals surface area contributed by atoms with Crippen molar-refractivity contribution in [1.82, 2.24) is 10.2 Å². The number of nitrogens with one attached hydrogen (secondary N) is 1. The Labute approximate surface area is 94.6 Å². The minimum Gasteiger partial charge on any atom is -0.480 e. The molecular formula is C10H18N2O4. The molecule has 1 aliphatic heterocycles. The molecule has 1 unspecified atom stereocenters. The Bertz CT molecular complexity index is 268. The second-order valence-corrected chi connectivity index (χ2v) is 4.39. The van der Waals surface area contributed by atoms with Crippen LogP contribution >= 0.6 is 0 Å². The molecule has 2 N–H and O–H groups in total. The van der Waals surface area contributed by atoms with Crippen molar-refractivity contribution in [3.8, 4) is 0 Å². The monoisotopic (exact) mass is 230 g/mol. The number of rotatable bonds is 6. The molecule has 92 valence electrons. The number of carbonyl (C=O) groups excluding carboxylic acids is 1. The quantitative estimate of drug-likeness (QED) is 0.678. The molecule has 1 saturated heterocycles. The third-order valence-corrected chi connectivity index (χ3v) is 2.19. The van der Waals surface area contributed by atoms with E-state index in [0.717, 1.165) is 0 Å². The van der Waals surface area contributed by atoms with Gasteiger partial charge in [-0.15, -0.1) is 0 Å². The van der Waals surface area contributed by atoms with Gasteiger partial charge in [-0.3, -0.25) is 9.69 Å². The van der Waals surface area contributed by atoms with Crippen molar-refractivity contribution in [2.45, 2.75) is 20.0 Å². The van der Waals surface area contributed by atoms with Gasteiger partial charge in [0.15, 0.2) is 0 Å². The van der Waals surface area contributed by atoms with Gasteiger partial charge in [0, 0.05) is 13.1 Å². The van der Waals surface area contributed by atoms with E-state index in [1.54, 1.807) is 4.90 Å². The topological polar surface area (TPSA) is 78.9 Å². The summed E-state index contributed by atoms with van der Waals surface area (Å²) in [5, 5.41) is 11.3. The fourth-order valence-corrected chi connectivity index (χ4v) is 1.73. The Morgan fingerprint density at radius 3 is 2.81 bits per heavy atom. The van der Waals surface area contributed by atoms with Gasteiger partial charge in [0.05, 0.1) is 13.1 Å². The van der Waals surface area contributed by atoms with Crippen LogP contribution in [-0.4, -0.2) is 54.4 Å². The first-order chi connectivity index (χ1) is 7.47. The van der Waals surface area contributed by atoms with E-state index < -0.39 is 12.1 Å². The van der Waals surface area contributed by atoms with Crippen LogP contribution in [0.1, 0.15) is 13.8 Å². The maximum absolute atomic E-state index is 10.8. The summed E-state index contributed by atoms with van der Waals surface area (Å²) < 4.78 is 4.97. The van der Waals surface area contributed by atoms with E-state index in [0.29, 0.717) is 25.6 Å². The maximum atomic E-state index is 10.8. The lowest BCUT2D eigenvalue weighted by molar-refractivity contribution is -0.138. The highest BCUT2D eigenvalue weighted by atomic mass is 16.6. The Balaban J connectivity index is 2.42. The highest BCUT2D eigenvalue weighted by Gasteiger charge is 2.25.